The van der Waals surface area contributed by atoms with E-state index in [2.05, 4.69) is 24.5 Å². The van der Waals surface area contributed by atoms with Gasteiger partial charge in [-0.1, -0.05) is 6.42 Å². The van der Waals surface area contributed by atoms with E-state index in [1.165, 1.54) is 12.1 Å². The van der Waals surface area contributed by atoms with Gasteiger partial charge in [-0.3, -0.25) is 4.79 Å². The van der Waals surface area contributed by atoms with Crippen molar-refractivity contribution in [1.82, 2.24) is 9.47 Å². The Labute approximate surface area is 103 Å². The standard InChI is InChI=1S/C14H22N2O/c1-11(2)16(14(17)12-6-4-7-12)10-13-8-5-9-15(13)3/h5,8-9,11-12H,4,6-7,10H2,1-3H3. The van der Waals surface area contributed by atoms with Crippen LogP contribution in [0.5, 0.6) is 0 Å². The van der Waals surface area contributed by atoms with E-state index in [0.717, 1.165) is 19.4 Å². The van der Waals surface area contributed by atoms with Gasteiger partial charge in [0.05, 0.1) is 6.54 Å². The van der Waals surface area contributed by atoms with Crippen LogP contribution >= 0.6 is 0 Å². The van der Waals surface area contributed by atoms with Gasteiger partial charge in [0.15, 0.2) is 0 Å². The summed E-state index contributed by atoms with van der Waals surface area (Å²) in [6, 6.07) is 4.39. The minimum absolute atomic E-state index is 0.276. The van der Waals surface area contributed by atoms with Crippen molar-refractivity contribution in [3.8, 4) is 0 Å². The van der Waals surface area contributed by atoms with Crippen LogP contribution in [0.15, 0.2) is 18.3 Å². The zero-order chi connectivity index (χ0) is 12.4. The van der Waals surface area contributed by atoms with E-state index in [0.29, 0.717) is 5.91 Å². The summed E-state index contributed by atoms with van der Waals surface area (Å²) >= 11 is 0. The van der Waals surface area contributed by atoms with Crippen molar-refractivity contribution in [1.29, 1.82) is 0 Å². The molecule has 1 fully saturated rings. The van der Waals surface area contributed by atoms with Crippen molar-refractivity contribution in [2.75, 3.05) is 0 Å². The van der Waals surface area contributed by atoms with Crippen molar-refractivity contribution in [3.63, 3.8) is 0 Å². The van der Waals surface area contributed by atoms with Gasteiger partial charge in [-0.15, -0.1) is 0 Å². The average Bonchev–Trinajstić information content (AvgIpc) is 2.57. The molecule has 94 valence electrons. The van der Waals surface area contributed by atoms with Gasteiger partial charge in [-0.2, -0.15) is 0 Å². The lowest BCUT2D eigenvalue weighted by Crippen LogP contribution is -2.42. The molecule has 1 aliphatic rings. The molecule has 0 spiro atoms. The topological polar surface area (TPSA) is 25.2 Å². The molecule has 1 aromatic rings. The number of hydrogen-bond acceptors (Lipinski definition) is 1. The van der Waals surface area contributed by atoms with Gasteiger partial charge >= 0.3 is 0 Å². The van der Waals surface area contributed by atoms with Crippen molar-refractivity contribution in [3.05, 3.63) is 24.0 Å². The molecular weight excluding hydrogens is 212 g/mol. The molecule has 1 amide bonds. The summed E-state index contributed by atoms with van der Waals surface area (Å²) in [5.41, 5.74) is 1.20. The van der Waals surface area contributed by atoms with Gasteiger partial charge in [-0.05, 0) is 38.8 Å². The monoisotopic (exact) mass is 234 g/mol. The SMILES string of the molecule is CC(C)N(Cc1cccn1C)C(=O)C1CCC1. The Morgan fingerprint density at radius 2 is 2.24 bits per heavy atom. The molecule has 3 nitrogen and oxygen atoms in total. The molecule has 1 heterocycles. The highest BCUT2D eigenvalue weighted by Gasteiger charge is 2.30. The number of aryl methyl sites for hydroxylation is 1. The number of hydrogen-bond donors (Lipinski definition) is 0. The Morgan fingerprint density at radius 1 is 1.53 bits per heavy atom. The Morgan fingerprint density at radius 3 is 2.65 bits per heavy atom. The Kier molecular flexibility index (Phi) is 3.55. The minimum atomic E-state index is 0.276. The normalized spacial score (nSPS) is 16.0. The summed E-state index contributed by atoms with van der Waals surface area (Å²) in [7, 11) is 2.03. The maximum atomic E-state index is 12.3. The van der Waals surface area contributed by atoms with Gasteiger partial charge in [0, 0.05) is 30.9 Å². The van der Waals surface area contributed by atoms with E-state index < -0.39 is 0 Å². The highest BCUT2D eigenvalue weighted by molar-refractivity contribution is 5.79. The quantitative estimate of drug-likeness (QED) is 0.786. The van der Waals surface area contributed by atoms with Crippen LogP contribution < -0.4 is 0 Å². The van der Waals surface area contributed by atoms with E-state index in [1.54, 1.807) is 0 Å². The van der Waals surface area contributed by atoms with Crippen LogP contribution in [-0.4, -0.2) is 21.4 Å². The van der Waals surface area contributed by atoms with Crippen molar-refractivity contribution >= 4 is 5.91 Å². The molecule has 0 aromatic carbocycles. The lowest BCUT2D eigenvalue weighted by Gasteiger charge is -2.34. The van der Waals surface area contributed by atoms with Gasteiger partial charge in [0.1, 0.15) is 0 Å². The highest BCUT2D eigenvalue weighted by Crippen LogP contribution is 2.29. The first kappa shape index (κ1) is 12.2. The average molecular weight is 234 g/mol. The number of carbonyl (C=O) groups is 1. The van der Waals surface area contributed by atoms with E-state index in [9.17, 15) is 4.79 Å². The van der Waals surface area contributed by atoms with E-state index >= 15 is 0 Å². The molecule has 0 aliphatic heterocycles. The molecule has 0 unspecified atom stereocenters. The predicted octanol–water partition coefficient (Wildman–Crippen LogP) is 2.56. The third-order valence-corrected chi connectivity index (χ3v) is 3.74. The van der Waals surface area contributed by atoms with Crippen LogP contribution in [0.4, 0.5) is 0 Å². The molecule has 0 N–H and O–H groups in total. The lowest BCUT2D eigenvalue weighted by molar-refractivity contribution is -0.140. The zero-order valence-corrected chi connectivity index (χ0v) is 11.0. The molecule has 1 aromatic heterocycles. The molecule has 0 atom stereocenters. The fraction of sp³-hybridized carbons (Fsp3) is 0.643. The predicted molar refractivity (Wildman–Crippen MR) is 68.4 cm³/mol. The first-order valence-corrected chi connectivity index (χ1v) is 6.50. The summed E-state index contributed by atoms with van der Waals surface area (Å²) < 4.78 is 2.09. The second-order valence-electron chi connectivity index (χ2n) is 5.30. The van der Waals surface area contributed by atoms with Gasteiger partial charge in [0.2, 0.25) is 5.91 Å². The van der Waals surface area contributed by atoms with Gasteiger partial charge in [0.25, 0.3) is 0 Å². The zero-order valence-electron chi connectivity index (χ0n) is 11.0. The third-order valence-electron chi connectivity index (χ3n) is 3.74. The molecule has 1 saturated carbocycles. The van der Waals surface area contributed by atoms with Crippen LogP contribution in [-0.2, 0) is 18.4 Å². The third kappa shape index (κ3) is 2.54. The van der Waals surface area contributed by atoms with Gasteiger partial charge < -0.3 is 9.47 Å². The molecule has 0 bridgehead atoms. The van der Waals surface area contributed by atoms with Crippen LogP contribution in [0.3, 0.4) is 0 Å². The number of nitrogens with zero attached hydrogens (tertiary/aromatic N) is 2. The van der Waals surface area contributed by atoms with Crippen molar-refractivity contribution < 1.29 is 4.79 Å². The molecule has 1 aliphatic carbocycles. The number of amides is 1. The van der Waals surface area contributed by atoms with Crippen molar-refractivity contribution in [2.24, 2.45) is 13.0 Å². The summed E-state index contributed by atoms with van der Waals surface area (Å²) in [6.45, 7) is 4.93. The Bertz CT molecular complexity index is 391. The second-order valence-corrected chi connectivity index (χ2v) is 5.30. The second kappa shape index (κ2) is 4.94. The first-order chi connectivity index (χ1) is 8.09. The minimum Gasteiger partial charge on any atom is -0.353 e. The largest absolute Gasteiger partial charge is 0.353 e. The van der Waals surface area contributed by atoms with Crippen LogP contribution in [0, 0.1) is 5.92 Å². The van der Waals surface area contributed by atoms with Crippen LogP contribution in [0.25, 0.3) is 0 Å². The Balaban J connectivity index is 2.07. The fourth-order valence-electron chi connectivity index (χ4n) is 2.24. The molecular formula is C14H22N2O. The smallest absolute Gasteiger partial charge is 0.226 e. The van der Waals surface area contributed by atoms with E-state index in [-0.39, 0.29) is 12.0 Å². The Hall–Kier alpha value is -1.25. The molecule has 17 heavy (non-hydrogen) atoms. The first-order valence-electron chi connectivity index (χ1n) is 6.50. The highest BCUT2D eigenvalue weighted by atomic mass is 16.2. The maximum Gasteiger partial charge on any atom is 0.226 e. The molecule has 0 radical (unpaired) electrons. The van der Waals surface area contributed by atoms with E-state index in [1.807, 2.05) is 24.2 Å². The number of rotatable bonds is 4. The molecule has 3 heteroatoms. The van der Waals surface area contributed by atoms with Crippen LogP contribution in [0.2, 0.25) is 0 Å². The summed E-state index contributed by atoms with van der Waals surface area (Å²) in [4.78, 5) is 14.3. The summed E-state index contributed by atoms with van der Waals surface area (Å²) in [5.74, 6) is 0.630. The molecule has 0 saturated heterocycles. The lowest BCUT2D eigenvalue weighted by atomic mass is 9.84. The van der Waals surface area contributed by atoms with E-state index in [4.69, 9.17) is 0 Å². The molecule has 2 rings (SSSR count). The van der Waals surface area contributed by atoms with Gasteiger partial charge in [-0.25, -0.2) is 0 Å². The summed E-state index contributed by atoms with van der Waals surface area (Å²) in [6.07, 6.45) is 5.40. The van der Waals surface area contributed by atoms with Crippen LogP contribution in [0.1, 0.15) is 38.8 Å². The van der Waals surface area contributed by atoms with Crippen molar-refractivity contribution in [2.45, 2.75) is 45.7 Å². The number of carbonyl (C=O) groups excluding carboxylic acids is 1. The fourth-order valence-corrected chi connectivity index (χ4v) is 2.24. The number of aromatic nitrogens is 1. The summed E-state index contributed by atoms with van der Waals surface area (Å²) in [5, 5.41) is 0. The maximum absolute atomic E-state index is 12.3.